The standard InChI is InChI=1S/C17H22N6O/c1-12-10-15(21-17(20-12)14-4-3-5-19-11-14)23-8-6-22(7-9-23)13(2)16(18)24/h3-5,10-11,13H,6-9H2,1-2H3,(H2,18,24). The van der Waals surface area contributed by atoms with Gasteiger partial charge in [0.15, 0.2) is 5.82 Å². The van der Waals surface area contributed by atoms with Gasteiger partial charge in [0.05, 0.1) is 6.04 Å². The molecule has 3 heterocycles. The molecule has 1 aliphatic rings. The average Bonchev–Trinajstić information content (AvgIpc) is 2.61. The SMILES string of the molecule is Cc1cc(N2CCN(C(C)C(N)=O)CC2)nc(-c2cccnc2)n1. The summed E-state index contributed by atoms with van der Waals surface area (Å²) in [6.45, 7) is 7.01. The van der Waals surface area contributed by atoms with Gasteiger partial charge in [-0.2, -0.15) is 0 Å². The number of nitrogens with zero attached hydrogens (tertiary/aromatic N) is 5. The second-order valence-corrected chi connectivity index (χ2v) is 6.03. The van der Waals surface area contributed by atoms with Crippen molar-refractivity contribution in [1.82, 2.24) is 19.9 Å². The highest BCUT2D eigenvalue weighted by molar-refractivity contribution is 5.79. The zero-order valence-electron chi connectivity index (χ0n) is 14.0. The molecular weight excluding hydrogens is 304 g/mol. The fourth-order valence-electron chi connectivity index (χ4n) is 2.86. The van der Waals surface area contributed by atoms with Crippen LogP contribution in [-0.4, -0.2) is 58.0 Å². The lowest BCUT2D eigenvalue weighted by atomic mass is 10.2. The maximum Gasteiger partial charge on any atom is 0.234 e. The van der Waals surface area contributed by atoms with E-state index in [1.54, 1.807) is 12.4 Å². The maximum absolute atomic E-state index is 11.3. The molecule has 2 aromatic rings. The number of hydrogen-bond acceptors (Lipinski definition) is 6. The van der Waals surface area contributed by atoms with Gasteiger partial charge in [0.2, 0.25) is 5.91 Å². The number of aryl methyl sites for hydroxylation is 1. The van der Waals surface area contributed by atoms with Gasteiger partial charge in [-0.1, -0.05) is 0 Å². The Labute approximate surface area is 141 Å². The summed E-state index contributed by atoms with van der Waals surface area (Å²) in [4.78, 5) is 29.0. The van der Waals surface area contributed by atoms with Crippen molar-refractivity contribution < 1.29 is 4.79 Å². The van der Waals surface area contributed by atoms with Gasteiger partial charge in [0.1, 0.15) is 5.82 Å². The molecule has 24 heavy (non-hydrogen) atoms. The zero-order chi connectivity index (χ0) is 17.1. The summed E-state index contributed by atoms with van der Waals surface area (Å²) in [7, 11) is 0. The molecule has 1 saturated heterocycles. The molecule has 126 valence electrons. The van der Waals surface area contributed by atoms with Crippen LogP contribution in [0.4, 0.5) is 5.82 Å². The van der Waals surface area contributed by atoms with Crippen LogP contribution in [0.2, 0.25) is 0 Å². The summed E-state index contributed by atoms with van der Waals surface area (Å²) in [6, 6.07) is 5.60. The Kier molecular flexibility index (Phi) is 4.71. The van der Waals surface area contributed by atoms with Gasteiger partial charge in [-0.05, 0) is 26.0 Å². The molecule has 0 aromatic carbocycles. The van der Waals surface area contributed by atoms with Crippen molar-refractivity contribution in [2.24, 2.45) is 5.73 Å². The Balaban J connectivity index is 1.77. The number of pyridine rings is 1. The van der Waals surface area contributed by atoms with E-state index in [1.807, 2.05) is 32.0 Å². The highest BCUT2D eigenvalue weighted by Crippen LogP contribution is 2.21. The predicted octanol–water partition coefficient (Wildman–Crippen LogP) is 0.843. The van der Waals surface area contributed by atoms with Crippen LogP contribution in [0.3, 0.4) is 0 Å². The monoisotopic (exact) mass is 326 g/mol. The van der Waals surface area contributed by atoms with E-state index < -0.39 is 0 Å². The molecule has 0 radical (unpaired) electrons. The Bertz CT molecular complexity index is 712. The number of nitrogens with two attached hydrogens (primary N) is 1. The average molecular weight is 326 g/mol. The highest BCUT2D eigenvalue weighted by Gasteiger charge is 2.25. The van der Waals surface area contributed by atoms with Gasteiger partial charge in [0, 0.05) is 55.9 Å². The molecule has 0 spiro atoms. The molecule has 1 unspecified atom stereocenters. The Morgan fingerprint density at radius 1 is 1.25 bits per heavy atom. The number of amides is 1. The summed E-state index contributed by atoms with van der Waals surface area (Å²) in [6.07, 6.45) is 3.50. The minimum Gasteiger partial charge on any atom is -0.368 e. The molecule has 1 aliphatic heterocycles. The number of piperazine rings is 1. The molecule has 1 atom stereocenters. The van der Waals surface area contributed by atoms with Gasteiger partial charge >= 0.3 is 0 Å². The predicted molar refractivity (Wildman–Crippen MR) is 92.4 cm³/mol. The van der Waals surface area contributed by atoms with E-state index in [-0.39, 0.29) is 11.9 Å². The third kappa shape index (κ3) is 3.51. The number of carbonyl (C=O) groups excluding carboxylic acids is 1. The topological polar surface area (TPSA) is 88.2 Å². The number of hydrogen-bond donors (Lipinski definition) is 1. The first-order chi connectivity index (χ1) is 11.5. The third-order valence-corrected chi connectivity index (χ3v) is 4.36. The summed E-state index contributed by atoms with van der Waals surface area (Å²) >= 11 is 0. The first kappa shape index (κ1) is 16.3. The van der Waals surface area contributed by atoms with Crippen molar-refractivity contribution in [2.45, 2.75) is 19.9 Å². The summed E-state index contributed by atoms with van der Waals surface area (Å²) in [5.74, 6) is 1.32. The molecule has 0 aliphatic carbocycles. The number of carbonyl (C=O) groups is 1. The summed E-state index contributed by atoms with van der Waals surface area (Å²) in [5.41, 5.74) is 7.22. The highest BCUT2D eigenvalue weighted by atomic mass is 16.1. The summed E-state index contributed by atoms with van der Waals surface area (Å²) in [5, 5.41) is 0. The van der Waals surface area contributed by atoms with E-state index in [0.29, 0.717) is 5.82 Å². The molecule has 2 aromatic heterocycles. The van der Waals surface area contributed by atoms with Crippen LogP contribution in [-0.2, 0) is 4.79 Å². The van der Waals surface area contributed by atoms with E-state index in [9.17, 15) is 4.79 Å². The van der Waals surface area contributed by atoms with Gasteiger partial charge in [-0.15, -0.1) is 0 Å². The van der Waals surface area contributed by atoms with Crippen LogP contribution < -0.4 is 10.6 Å². The van der Waals surface area contributed by atoms with Gasteiger partial charge in [0.25, 0.3) is 0 Å². The van der Waals surface area contributed by atoms with Crippen molar-refractivity contribution in [3.8, 4) is 11.4 Å². The normalized spacial score (nSPS) is 16.8. The molecular formula is C17H22N6O. The smallest absolute Gasteiger partial charge is 0.234 e. The van der Waals surface area contributed by atoms with Crippen LogP contribution in [0.25, 0.3) is 11.4 Å². The number of rotatable bonds is 4. The van der Waals surface area contributed by atoms with Crippen LogP contribution in [0.15, 0.2) is 30.6 Å². The largest absolute Gasteiger partial charge is 0.368 e. The van der Waals surface area contributed by atoms with Gasteiger partial charge in [-0.25, -0.2) is 9.97 Å². The van der Waals surface area contributed by atoms with E-state index in [4.69, 9.17) is 10.7 Å². The lowest BCUT2D eigenvalue weighted by Gasteiger charge is -2.37. The van der Waals surface area contributed by atoms with Crippen molar-refractivity contribution >= 4 is 11.7 Å². The number of anilines is 1. The molecule has 1 fully saturated rings. The Morgan fingerprint density at radius 2 is 2.00 bits per heavy atom. The molecule has 1 amide bonds. The molecule has 7 heteroatoms. The van der Waals surface area contributed by atoms with Crippen LogP contribution in [0.5, 0.6) is 0 Å². The van der Waals surface area contributed by atoms with E-state index in [2.05, 4.69) is 19.8 Å². The second-order valence-electron chi connectivity index (χ2n) is 6.03. The minimum absolute atomic E-state index is 0.231. The number of primary amides is 1. The molecule has 2 N–H and O–H groups in total. The molecule has 3 rings (SSSR count). The first-order valence-electron chi connectivity index (χ1n) is 8.09. The van der Waals surface area contributed by atoms with Crippen molar-refractivity contribution in [1.29, 1.82) is 0 Å². The van der Waals surface area contributed by atoms with Crippen molar-refractivity contribution in [3.05, 3.63) is 36.3 Å². The lowest BCUT2D eigenvalue weighted by Crippen LogP contribution is -2.53. The maximum atomic E-state index is 11.3. The quantitative estimate of drug-likeness (QED) is 0.896. The van der Waals surface area contributed by atoms with Crippen LogP contribution in [0.1, 0.15) is 12.6 Å². The zero-order valence-corrected chi connectivity index (χ0v) is 14.0. The fourth-order valence-corrected chi connectivity index (χ4v) is 2.86. The summed E-state index contributed by atoms with van der Waals surface area (Å²) < 4.78 is 0. The molecule has 0 bridgehead atoms. The molecule has 7 nitrogen and oxygen atoms in total. The van der Waals surface area contributed by atoms with E-state index >= 15 is 0 Å². The van der Waals surface area contributed by atoms with Crippen LogP contribution >= 0.6 is 0 Å². The number of aromatic nitrogens is 3. The van der Waals surface area contributed by atoms with Crippen molar-refractivity contribution in [2.75, 3.05) is 31.1 Å². The second kappa shape index (κ2) is 6.92. The van der Waals surface area contributed by atoms with Gasteiger partial charge in [-0.3, -0.25) is 14.7 Å². The fraction of sp³-hybridized carbons (Fsp3) is 0.412. The van der Waals surface area contributed by atoms with E-state index in [1.165, 1.54) is 0 Å². The van der Waals surface area contributed by atoms with E-state index in [0.717, 1.165) is 43.3 Å². The lowest BCUT2D eigenvalue weighted by molar-refractivity contribution is -0.122. The minimum atomic E-state index is -0.278. The van der Waals surface area contributed by atoms with Crippen molar-refractivity contribution in [3.63, 3.8) is 0 Å². The molecule has 0 saturated carbocycles. The Hall–Kier alpha value is -2.54. The first-order valence-corrected chi connectivity index (χ1v) is 8.09. The third-order valence-electron chi connectivity index (χ3n) is 4.36. The van der Waals surface area contributed by atoms with Crippen LogP contribution in [0, 0.1) is 6.92 Å². The Morgan fingerprint density at radius 3 is 2.62 bits per heavy atom. The van der Waals surface area contributed by atoms with Gasteiger partial charge < -0.3 is 10.6 Å².